The maximum atomic E-state index is 11.6. The number of methoxy groups -OCH3 is 1. The second-order valence-electron chi connectivity index (χ2n) is 4.55. The summed E-state index contributed by atoms with van der Waals surface area (Å²) in [7, 11) is 1.35. The van der Waals surface area contributed by atoms with E-state index in [-0.39, 0.29) is 0 Å². The van der Waals surface area contributed by atoms with Gasteiger partial charge in [-0.3, -0.25) is 0 Å². The number of hydrogen-bond acceptors (Lipinski definition) is 7. The lowest BCUT2D eigenvalue weighted by molar-refractivity contribution is -0.154. The van der Waals surface area contributed by atoms with Gasteiger partial charge in [0.2, 0.25) is 0 Å². The van der Waals surface area contributed by atoms with Crippen LogP contribution in [0.3, 0.4) is 0 Å². The van der Waals surface area contributed by atoms with Crippen LogP contribution in [0.4, 0.5) is 5.95 Å². The highest BCUT2D eigenvalue weighted by atomic mass is 16.6. The Labute approximate surface area is 121 Å². The van der Waals surface area contributed by atoms with Gasteiger partial charge in [-0.1, -0.05) is 23.3 Å². The van der Waals surface area contributed by atoms with Crippen LogP contribution in [0.15, 0.2) is 30.3 Å². The molecule has 0 amide bonds. The SMILES string of the molecule is COC(=O)C1CN(c2nnnn2-c2ccccc2)CCO1. The molecule has 21 heavy (non-hydrogen) atoms. The van der Waals surface area contributed by atoms with E-state index in [1.165, 1.54) is 7.11 Å². The number of rotatable bonds is 3. The molecule has 0 aliphatic carbocycles. The number of carbonyl (C=O) groups excluding carboxylic acids is 1. The number of hydrogen-bond donors (Lipinski definition) is 0. The predicted molar refractivity (Wildman–Crippen MR) is 73.1 cm³/mol. The Hall–Kier alpha value is -2.48. The molecular formula is C13H15N5O3. The molecule has 1 atom stereocenters. The van der Waals surface area contributed by atoms with Crippen LogP contribution in [0.5, 0.6) is 0 Å². The van der Waals surface area contributed by atoms with Gasteiger partial charge < -0.3 is 14.4 Å². The van der Waals surface area contributed by atoms with Crippen molar-refractivity contribution in [3.63, 3.8) is 0 Å². The second kappa shape index (κ2) is 5.88. The van der Waals surface area contributed by atoms with Gasteiger partial charge in [-0.15, -0.1) is 0 Å². The fourth-order valence-electron chi connectivity index (χ4n) is 2.22. The number of ether oxygens (including phenoxy) is 2. The molecule has 0 saturated carbocycles. The van der Waals surface area contributed by atoms with Crippen molar-refractivity contribution < 1.29 is 14.3 Å². The van der Waals surface area contributed by atoms with Gasteiger partial charge in [0.05, 0.1) is 25.9 Å². The van der Waals surface area contributed by atoms with Crippen LogP contribution >= 0.6 is 0 Å². The third-order valence-electron chi connectivity index (χ3n) is 3.27. The number of carbonyl (C=O) groups is 1. The summed E-state index contributed by atoms with van der Waals surface area (Å²) in [4.78, 5) is 13.5. The van der Waals surface area contributed by atoms with Crippen LogP contribution in [0.1, 0.15) is 0 Å². The van der Waals surface area contributed by atoms with E-state index in [1.54, 1.807) is 4.68 Å². The summed E-state index contributed by atoms with van der Waals surface area (Å²) in [6.07, 6.45) is -0.621. The first-order valence-electron chi connectivity index (χ1n) is 6.58. The topological polar surface area (TPSA) is 82.4 Å². The van der Waals surface area contributed by atoms with Gasteiger partial charge >= 0.3 is 5.97 Å². The summed E-state index contributed by atoms with van der Waals surface area (Å²) < 4.78 is 11.8. The van der Waals surface area contributed by atoms with Crippen LogP contribution in [0.25, 0.3) is 5.69 Å². The highest BCUT2D eigenvalue weighted by molar-refractivity contribution is 5.75. The van der Waals surface area contributed by atoms with Gasteiger partial charge in [-0.2, -0.15) is 4.68 Å². The zero-order valence-electron chi connectivity index (χ0n) is 11.5. The summed E-state index contributed by atoms with van der Waals surface area (Å²) in [6.45, 7) is 1.39. The minimum absolute atomic E-state index is 0.361. The third-order valence-corrected chi connectivity index (χ3v) is 3.27. The molecule has 8 heteroatoms. The summed E-state index contributed by atoms with van der Waals surface area (Å²) in [5, 5.41) is 11.8. The molecule has 0 radical (unpaired) electrons. The third kappa shape index (κ3) is 2.70. The summed E-state index contributed by atoms with van der Waals surface area (Å²) in [6, 6.07) is 9.58. The number of esters is 1. The molecule has 1 aliphatic rings. The largest absolute Gasteiger partial charge is 0.467 e. The Morgan fingerprint density at radius 2 is 2.19 bits per heavy atom. The monoisotopic (exact) mass is 289 g/mol. The molecule has 2 heterocycles. The van der Waals surface area contributed by atoms with E-state index in [4.69, 9.17) is 9.47 Å². The van der Waals surface area contributed by atoms with E-state index >= 15 is 0 Å². The number of benzene rings is 1. The van der Waals surface area contributed by atoms with Crippen molar-refractivity contribution in [1.82, 2.24) is 20.2 Å². The molecule has 0 spiro atoms. The van der Waals surface area contributed by atoms with E-state index in [2.05, 4.69) is 15.5 Å². The van der Waals surface area contributed by atoms with Gasteiger partial charge in [-0.05, 0) is 22.6 Å². The highest BCUT2D eigenvalue weighted by Gasteiger charge is 2.30. The van der Waals surface area contributed by atoms with Crippen LogP contribution in [-0.2, 0) is 14.3 Å². The molecule has 0 N–H and O–H groups in total. The minimum Gasteiger partial charge on any atom is -0.467 e. The van der Waals surface area contributed by atoms with Crippen molar-refractivity contribution in [2.75, 3.05) is 31.7 Å². The molecule has 1 unspecified atom stereocenters. The molecule has 1 aromatic carbocycles. The zero-order valence-corrected chi connectivity index (χ0v) is 11.5. The first-order chi connectivity index (χ1) is 10.3. The van der Waals surface area contributed by atoms with Crippen molar-refractivity contribution >= 4 is 11.9 Å². The zero-order chi connectivity index (χ0) is 14.7. The van der Waals surface area contributed by atoms with Crippen LogP contribution in [0, 0.1) is 0 Å². The molecule has 1 aromatic heterocycles. The van der Waals surface area contributed by atoms with E-state index in [1.807, 2.05) is 35.2 Å². The lowest BCUT2D eigenvalue weighted by Crippen LogP contribution is -2.47. The molecule has 1 fully saturated rings. The molecule has 2 aromatic rings. The van der Waals surface area contributed by atoms with E-state index in [0.29, 0.717) is 25.6 Å². The average molecular weight is 289 g/mol. The highest BCUT2D eigenvalue weighted by Crippen LogP contribution is 2.18. The van der Waals surface area contributed by atoms with Crippen molar-refractivity contribution in [2.45, 2.75) is 6.10 Å². The fourth-order valence-corrected chi connectivity index (χ4v) is 2.22. The first-order valence-corrected chi connectivity index (χ1v) is 6.58. The molecule has 8 nitrogen and oxygen atoms in total. The summed E-state index contributed by atoms with van der Waals surface area (Å²) in [5.41, 5.74) is 0.860. The summed E-state index contributed by atoms with van der Waals surface area (Å²) in [5.74, 6) is 0.192. The Bertz CT molecular complexity index is 615. The minimum atomic E-state index is -0.621. The molecule has 110 valence electrons. The van der Waals surface area contributed by atoms with E-state index in [9.17, 15) is 4.79 Å². The van der Waals surface area contributed by atoms with Gasteiger partial charge in [0.1, 0.15) is 0 Å². The maximum Gasteiger partial charge on any atom is 0.336 e. The number of tetrazole rings is 1. The van der Waals surface area contributed by atoms with Gasteiger partial charge in [0.15, 0.2) is 6.10 Å². The quantitative estimate of drug-likeness (QED) is 0.738. The normalized spacial score (nSPS) is 18.5. The Morgan fingerprint density at radius 1 is 1.38 bits per heavy atom. The van der Waals surface area contributed by atoms with Crippen LogP contribution in [0.2, 0.25) is 0 Å². The number of nitrogens with zero attached hydrogens (tertiary/aromatic N) is 5. The smallest absolute Gasteiger partial charge is 0.336 e. The number of morpholine rings is 1. The molecule has 0 bridgehead atoms. The molecular weight excluding hydrogens is 274 g/mol. The van der Waals surface area contributed by atoms with Crippen molar-refractivity contribution in [2.24, 2.45) is 0 Å². The van der Waals surface area contributed by atoms with Gasteiger partial charge in [0.25, 0.3) is 5.95 Å². The lowest BCUT2D eigenvalue weighted by Gasteiger charge is -2.31. The number of aromatic nitrogens is 4. The average Bonchev–Trinajstić information content (AvgIpc) is 3.04. The van der Waals surface area contributed by atoms with Crippen LogP contribution < -0.4 is 4.90 Å². The maximum absolute atomic E-state index is 11.6. The second-order valence-corrected chi connectivity index (χ2v) is 4.55. The fraction of sp³-hybridized carbons (Fsp3) is 0.385. The molecule has 1 saturated heterocycles. The standard InChI is InChI=1S/C13H15N5O3/c1-20-12(19)11-9-17(7-8-21-11)13-14-15-16-18(13)10-5-3-2-4-6-10/h2-6,11H,7-9H2,1H3. The van der Waals surface area contributed by atoms with Crippen molar-refractivity contribution in [1.29, 1.82) is 0 Å². The van der Waals surface area contributed by atoms with Crippen molar-refractivity contribution in [3.8, 4) is 5.69 Å². The summed E-state index contributed by atoms with van der Waals surface area (Å²) >= 11 is 0. The van der Waals surface area contributed by atoms with E-state index < -0.39 is 12.1 Å². The molecule has 3 rings (SSSR count). The Morgan fingerprint density at radius 3 is 2.95 bits per heavy atom. The lowest BCUT2D eigenvalue weighted by atomic mass is 10.3. The number of para-hydroxylation sites is 1. The Kier molecular flexibility index (Phi) is 3.78. The van der Waals surface area contributed by atoms with Gasteiger partial charge in [-0.25, -0.2) is 4.79 Å². The number of anilines is 1. The van der Waals surface area contributed by atoms with E-state index in [0.717, 1.165) is 5.69 Å². The predicted octanol–water partition coefficient (Wildman–Crippen LogP) is 0.0405. The van der Waals surface area contributed by atoms with Crippen LogP contribution in [-0.4, -0.2) is 59.1 Å². The van der Waals surface area contributed by atoms with Crippen molar-refractivity contribution in [3.05, 3.63) is 30.3 Å². The molecule has 1 aliphatic heterocycles. The first kappa shape index (κ1) is 13.5. The van der Waals surface area contributed by atoms with Gasteiger partial charge in [0, 0.05) is 6.54 Å². The Balaban J connectivity index is 1.85.